The number of aryl methyl sites for hydroxylation is 1. The van der Waals surface area contributed by atoms with Crippen LogP contribution in [0.1, 0.15) is 196 Å². The molecule has 2 aliphatic carbocycles. The van der Waals surface area contributed by atoms with E-state index in [9.17, 15) is 18.0 Å². The van der Waals surface area contributed by atoms with Gasteiger partial charge < -0.3 is 51.5 Å². The van der Waals surface area contributed by atoms with E-state index in [0.29, 0.717) is 49.0 Å². The summed E-state index contributed by atoms with van der Waals surface area (Å²) >= 11 is 6.20. The highest BCUT2D eigenvalue weighted by atomic mass is 35.5. The lowest BCUT2D eigenvalue weighted by atomic mass is 9.74. The molecule has 88 heavy (non-hydrogen) atoms. The zero-order valence-corrected chi connectivity index (χ0v) is 57.5. The molecule has 1 amide bonds. The third kappa shape index (κ3) is 20.2. The number of amides is 1. The third-order valence-corrected chi connectivity index (χ3v) is 21.5. The Morgan fingerprint density at radius 2 is 1.56 bits per heavy atom. The smallest absolute Gasteiger partial charge is 0.390 e. The summed E-state index contributed by atoms with van der Waals surface area (Å²) in [6, 6.07) is 5.96. The van der Waals surface area contributed by atoms with Crippen LogP contribution in [0, 0.1) is 29.6 Å². The molecular formula is C71H120ClF3N12O. The molecule has 0 bridgehead atoms. The van der Waals surface area contributed by atoms with Crippen molar-refractivity contribution in [3.8, 4) is 0 Å². The predicted molar refractivity (Wildman–Crippen MR) is 361 cm³/mol. The minimum absolute atomic E-state index is 0.0381. The number of carbonyl (C=O) groups is 1. The van der Waals surface area contributed by atoms with Gasteiger partial charge in [0, 0.05) is 168 Å². The number of halogens is 4. The Kier molecular flexibility index (Phi) is 28.0. The van der Waals surface area contributed by atoms with Gasteiger partial charge in [0.1, 0.15) is 0 Å². The number of aliphatic imine (C=N–C) groups is 1. The first-order valence-electron chi connectivity index (χ1n) is 34.9. The van der Waals surface area contributed by atoms with Crippen LogP contribution in [0.25, 0.3) is 0 Å². The summed E-state index contributed by atoms with van der Waals surface area (Å²) in [5, 5.41) is 23.9. The van der Waals surface area contributed by atoms with Crippen molar-refractivity contribution < 1.29 is 18.0 Å². The van der Waals surface area contributed by atoms with Crippen molar-refractivity contribution in [2.24, 2.45) is 34.6 Å². The normalized spacial score (nSPS) is 30.1. The van der Waals surface area contributed by atoms with Gasteiger partial charge in [-0.2, -0.15) is 13.2 Å². The summed E-state index contributed by atoms with van der Waals surface area (Å²) in [6.07, 6.45) is 27.4. The van der Waals surface area contributed by atoms with Crippen molar-refractivity contribution >= 4 is 23.2 Å². The van der Waals surface area contributed by atoms with Gasteiger partial charge in [-0.05, 0) is 152 Å². The van der Waals surface area contributed by atoms with Crippen LogP contribution in [-0.2, 0) is 17.4 Å². The number of rotatable bonds is 11. The van der Waals surface area contributed by atoms with Gasteiger partial charge in [-0.3, -0.25) is 14.7 Å². The minimum Gasteiger partial charge on any atom is -0.390 e. The minimum atomic E-state index is -4.51. The number of nitrogens with zero attached hydrogens (tertiary/aromatic N) is 6. The fourth-order valence-electron chi connectivity index (χ4n) is 15.7. The number of alkyl halides is 3. The molecule has 7 rings (SSSR count). The lowest BCUT2D eigenvalue weighted by Crippen LogP contribution is -2.76. The quantitative estimate of drug-likeness (QED) is 0.127. The maximum Gasteiger partial charge on any atom is 0.417 e. The summed E-state index contributed by atoms with van der Waals surface area (Å²) in [5.41, 5.74) is 3.32. The van der Waals surface area contributed by atoms with E-state index < -0.39 is 11.7 Å². The number of hydrogen-bond donors (Lipinski definition) is 6. The Labute approximate surface area is 536 Å². The average Bonchev–Trinajstić information content (AvgIpc) is 0.979. The number of fused-ring (bicyclic) bond motifs is 2. The van der Waals surface area contributed by atoms with Crippen LogP contribution in [0.4, 0.5) is 13.2 Å². The highest BCUT2D eigenvalue weighted by molar-refractivity contribution is 6.31. The van der Waals surface area contributed by atoms with Crippen molar-refractivity contribution in [3.05, 3.63) is 82.8 Å². The zero-order valence-electron chi connectivity index (χ0n) is 56.8. The van der Waals surface area contributed by atoms with E-state index in [1.54, 1.807) is 0 Å². The summed E-state index contributed by atoms with van der Waals surface area (Å²) in [7, 11) is 4.30. The first kappa shape index (κ1) is 71.8. The Bertz CT molecular complexity index is 2450. The lowest BCUT2D eigenvalue weighted by molar-refractivity contribution is -0.160. The van der Waals surface area contributed by atoms with Gasteiger partial charge in [-0.1, -0.05) is 111 Å². The van der Waals surface area contributed by atoms with Crippen LogP contribution in [0.3, 0.4) is 0 Å². The molecule has 5 unspecified atom stereocenters. The summed E-state index contributed by atoms with van der Waals surface area (Å²) in [6.45, 7) is 32.9. The topological polar surface area (TPSA) is 118 Å². The molecule has 498 valence electrons. The number of benzene rings is 1. The van der Waals surface area contributed by atoms with Crippen LogP contribution in [0.15, 0.2) is 71.7 Å². The fourth-order valence-corrected chi connectivity index (χ4v) is 16.0. The first-order valence-corrected chi connectivity index (χ1v) is 35.3. The van der Waals surface area contributed by atoms with Crippen molar-refractivity contribution in [1.82, 2.24) is 56.4 Å². The number of nitrogens with one attached hydrogen (secondary N) is 6. The molecule has 1 aromatic rings. The molecule has 3 saturated heterocycles. The van der Waals surface area contributed by atoms with Crippen molar-refractivity contribution in [3.63, 3.8) is 0 Å². The molecule has 6 N–H and O–H groups in total. The molecule has 1 aromatic carbocycles. The second-order valence-electron chi connectivity index (χ2n) is 28.7. The van der Waals surface area contributed by atoms with Crippen LogP contribution < -0.4 is 31.9 Å². The maximum absolute atomic E-state index is 14.7. The van der Waals surface area contributed by atoms with Crippen molar-refractivity contribution in [2.75, 3.05) is 66.5 Å². The summed E-state index contributed by atoms with van der Waals surface area (Å²) in [4.78, 5) is 31.7. The van der Waals surface area contributed by atoms with Crippen LogP contribution in [0.2, 0.25) is 5.02 Å². The predicted octanol–water partition coefficient (Wildman–Crippen LogP) is 12.9. The van der Waals surface area contributed by atoms with Crippen LogP contribution in [-0.4, -0.2) is 162 Å². The van der Waals surface area contributed by atoms with Gasteiger partial charge >= 0.3 is 6.18 Å². The average molecular weight is 1250 g/mol. The molecule has 0 radical (unpaired) electrons. The van der Waals surface area contributed by atoms with Gasteiger partial charge in [0.05, 0.1) is 16.5 Å². The van der Waals surface area contributed by atoms with Gasteiger partial charge in [0.25, 0.3) is 0 Å². The number of carbonyl (C=O) groups excluding carboxylic acids is 1. The molecular weight excluding hydrogens is 1130 g/mol. The van der Waals surface area contributed by atoms with Crippen LogP contribution >= 0.6 is 11.6 Å². The Hall–Kier alpha value is -3.64. The molecule has 11 atom stereocenters. The molecule has 6 aliphatic rings. The van der Waals surface area contributed by atoms with Gasteiger partial charge in [0.2, 0.25) is 5.91 Å². The molecule has 13 nitrogen and oxygen atoms in total. The van der Waals surface area contributed by atoms with E-state index in [4.69, 9.17) is 16.6 Å². The summed E-state index contributed by atoms with van der Waals surface area (Å²) in [5.74, 6) is 2.30. The maximum atomic E-state index is 14.7. The molecule has 4 aliphatic heterocycles. The van der Waals surface area contributed by atoms with Crippen molar-refractivity contribution in [1.29, 1.82) is 0 Å². The lowest BCUT2D eigenvalue weighted by Gasteiger charge is -2.60. The second kappa shape index (κ2) is 34.3. The Balaban J connectivity index is 1.19. The molecule has 4 heterocycles. The van der Waals surface area contributed by atoms with E-state index in [1.807, 2.05) is 24.7 Å². The zero-order chi connectivity index (χ0) is 63.7. The number of hydrogen-bond acceptors (Lipinski definition) is 12. The highest BCUT2D eigenvalue weighted by Crippen LogP contribution is 2.41. The van der Waals surface area contributed by atoms with E-state index in [2.05, 4.69) is 159 Å². The molecule has 0 aromatic heterocycles. The van der Waals surface area contributed by atoms with Gasteiger partial charge in [-0.25, -0.2) is 0 Å². The number of likely N-dealkylation sites (tertiary alicyclic amines) is 1. The summed E-state index contributed by atoms with van der Waals surface area (Å²) < 4.78 is 41.0. The van der Waals surface area contributed by atoms with E-state index in [0.717, 1.165) is 121 Å². The SMILES string of the molecule is CC[C@H](C)[C@H]1CN[C@@H](CC(C)C)C(C)NCC2[C@@H](C(=O)N3CCCC3)C(C)N2[C@@H](C(C)C)C(C)NC2(CCCC2)CNCCNC=CC(CCc2ccc(C(F)(F)F)c(Cl)c2)=NC=CN(C)C=C(CC2CCCCC2)N(C)C=C2CCCN2[C@@H](C)C(C)N1. The fraction of sp³-hybridized carbons (Fsp3) is 0.775. The second-order valence-corrected chi connectivity index (χ2v) is 29.1. The standard InChI is InChI=1S/C71H120ClF3N12O/c1-14-51(6)65-44-80-64(41-49(2)3)53(8)79-45-66-67(69(88)85-37-20-21-38-85)56(11)87(66)68(50(4)5)54(9)82-70(31-18-19-32-70)48-77-35-34-76-33-30-59(28-26-58-27-29-62(63(72)43-58)71(73,74)75)78-36-40-83(12)46-61(42-57-23-16-15-17-24-57)84(13)47-60-25-22-39-86(60)55(10)52(7)81-65/h27,29-30,33,36,40,43,46-47,49-57,64-68,76-77,79-82H,14-26,28,31-32,34-35,37-39,41-42,44-45,48H2,1-13H3/t51-,52?,53?,54?,55-,56?,64-,65+,66?,67-,68-/m0/s1. The van der Waals surface area contributed by atoms with Gasteiger partial charge in [-0.15, -0.1) is 0 Å². The van der Waals surface area contributed by atoms with Gasteiger partial charge in [0.15, 0.2) is 0 Å². The van der Waals surface area contributed by atoms with Crippen LogP contribution in [0.5, 0.6) is 0 Å². The molecule has 1 spiro atoms. The van der Waals surface area contributed by atoms with Crippen molar-refractivity contribution in [2.45, 2.75) is 258 Å². The van der Waals surface area contributed by atoms with E-state index in [-0.39, 0.29) is 70.9 Å². The number of allylic oxidation sites excluding steroid dienone is 3. The highest BCUT2D eigenvalue weighted by Gasteiger charge is 2.55. The Morgan fingerprint density at radius 3 is 2.23 bits per heavy atom. The molecule has 17 heteroatoms. The Morgan fingerprint density at radius 1 is 0.830 bits per heavy atom. The first-order chi connectivity index (χ1) is 42.0. The monoisotopic (exact) mass is 1250 g/mol. The molecule has 5 fully saturated rings. The van der Waals surface area contributed by atoms with E-state index >= 15 is 0 Å². The molecule has 2 saturated carbocycles. The third-order valence-electron chi connectivity index (χ3n) is 21.2. The van der Waals surface area contributed by atoms with E-state index in [1.165, 1.54) is 68.5 Å². The largest absolute Gasteiger partial charge is 0.417 e.